The Morgan fingerprint density at radius 1 is 1.27 bits per heavy atom. The van der Waals surface area contributed by atoms with Crippen molar-refractivity contribution in [2.45, 2.75) is 32.4 Å². The number of carbonyl (C=O) groups excluding carboxylic acids is 1. The van der Waals surface area contributed by atoms with Crippen molar-refractivity contribution in [1.29, 1.82) is 0 Å². The molecular formula is C15H19N3O4. The fraction of sp³-hybridized carbons (Fsp3) is 0.400. The van der Waals surface area contributed by atoms with E-state index in [9.17, 15) is 14.4 Å². The number of rotatable bonds is 6. The highest BCUT2D eigenvalue weighted by Gasteiger charge is 2.14. The van der Waals surface area contributed by atoms with E-state index in [2.05, 4.69) is 5.32 Å². The average molecular weight is 305 g/mol. The average Bonchev–Trinajstić information content (AvgIpc) is 2.71. The van der Waals surface area contributed by atoms with Crippen LogP contribution in [0, 0.1) is 0 Å². The largest absolute Gasteiger partial charge is 0.481 e. The third-order valence-corrected chi connectivity index (χ3v) is 3.55. The fourth-order valence-electron chi connectivity index (χ4n) is 2.39. The van der Waals surface area contributed by atoms with Crippen molar-refractivity contribution in [3.63, 3.8) is 0 Å². The number of carboxylic acid groups (broad SMARTS) is 1. The number of nitrogens with zero attached hydrogens (tertiary/aromatic N) is 2. The first-order chi connectivity index (χ1) is 10.4. The third kappa shape index (κ3) is 3.36. The van der Waals surface area contributed by atoms with Crippen molar-refractivity contribution < 1.29 is 14.7 Å². The molecule has 1 amide bonds. The summed E-state index contributed by atoms with van der Waals surface area (Å²) < 4.78 is 2.91. The number of fused-ring (bicyclic) bond motifs is 1. The van der Waals surface area contributed by atoms with Gasteiger partial charge in [0.25, 0.3) is 0 Å². The number of hydrogen-bond acceptors (Lipinski definition) is 3. The summed E-state index contributed by atoms with van der Waals surface area (Å²) in [6.45, 7) is 1.66. The van der Waals surface area contributed by atoms with E-state index in [4.69, 9.17) is 5.11 Å². The van der Waals surface area contributed by atoms with Crippen LogP contribution in [0.4, 0.5) is 0 Å². The molecule has 0 saturated carbocycles. The number of para-hydroxylation sites is 2. The Labute approximate surface area is 127 Å². The van der Waals surface area contributed by atoms with Crippen LogP contribution in [0.15, 0.2) is 29.1 Å². The topological polar surface area (TPSA) is 93.3 Å². The second-order valence-electron chi connectivity index (χ2n) is 5.32. The molecule has 0 radical (unpaired) electrons. The van der Waals surface area contributed by atoms with E-state index in [1.807, 2.05) is 18.2 Å². The zero-order chi connectivity index (χ0) is 16.3. The Bertz CT molecular complexity index is 760. The summed E-state index contributed by atoms with van der Waals surface area (Å²) in [7, 11) is 1.66. The Morgan fingerprint density at radius 3 is 2.55 bits per heavy atom. The molecule has 0 spiro atoms. The maximum atomic E-state index is 12.2. The lowest BCUT2D eigenvalue weighted by Gasteiger charge is -2.13. The molecule has 0 aliphatic rings. The first kappa shape index (κ1) is 15.8. The van der Waals surface area contributed by atoms with Crippen LogP contribution in [0.2, 0.25) is 0 Å². The van der Waals surface area contributed by atoms with E-state index in [-0.39, 0.29) is 30.6 Å². The molecule has 22 heavy (non-hydrogen) atoms. The van der Waals surface area contributed by atoms with Crippen LogP contribution in [0.1, 0.15) is 19.8 Å². The number of nitrogens with one attached hydrogen (secondary N) is 1. The number of hydrogen-bond donors (Lipinski definition) is 2. The molecule has 1 heterocycles. The van der Waals surface area contributed by atoms with Crippen LogP contribution >= 0.6 is 0 Å². The summed E-state index contributed by atoms with van der Waals surface area (Å²) in [5.74, 6) is -1.21. The predicted octanol–water partition coefficient (Wildman–Crippen LogP) is 0.710. The summed E-state index contributed by atoms with van der Waals surface area (Å²) in [5, 5.41) is 11.3. The summed E-state index contributed by atoms with van der Waals surface area (Å²) in [6, 6.07) is 7.00. The zero-order valence-corrected chi connectivity index (χ0v) is 12.6. The summed E-state index contributed by atoms with van der Waals surface area (Å²) in [6.07, 6.45) is 0.348. The molecule has 1 unspecified atom stereocenters. The second kappa shape index (κ2) is 6.46. The number of imidazole rings is 1. The first-order valence-corrected chi connectivity index (χ1v) is 7.05. The van der Waals surface area contributed by atoms with Crippen molar-refractivity contribution in [1.82, 2.24) is 14.5 Å². The van der Waals surface area contributed by atoms with Crippen molar-refractivity contribution in [3.05, 3.63) is 34.7 Å². The minimum Gasteiger partial charge on any atom is -0.481 e. The molecule has 0 aliphatic carbocycles. The molecule has 2 rings (SSSR count). The molecule has 1 aromatic carbocycles. The molecule has 7 nitrogen and oxygen atoms in total. The van der Waals surface area contributed by atoms with Gasteiger partial charge in [-0.15, -0.1) is 0 Å². The number of aromatic nitrogens is 2. The van der Waals surface area contributed by atoms with Gasteiger partial charge < -0.3 is 10.4 Å². The van der Waals surface area contributed by atoms with Gasteiger partial charge in [-0.05, 0) is 25.5 Å². The van der Waals surface area contributed by atoms with Gasteiger partial charge in [0.1, 0.15) is 6.54 Å². The minimum absolute atomic E-state index is 0.00430. The molecule has 0 fully saturated rings. The molecule has 2 N–H and O–H groups in total. The highest BCUT2D eigenvalue weighted by molar-refractivity contribution is 5.81. The van der Waals surface area contributed by atoms with Gasteiger partial charge in [-0.25, -0.2) is 4.79 Å². The Kier molecular flexibility index (Phi) is 4.65. The molecular weight excluding hydrogens is 286 g/mol. The van der Waals surface area contributed by atoms with Gasteiger partial charge in [0.15, 0.2) is 0 Å². The quantitative estimate of drug-likeness (QED) is 0.822. The summed E-state index contributed by atoms with van der Waals surface area (Å²) in [4.78, 5) is 34.8. The van der Waals surface area contributed by atoms with E-state index < -0.39 is 5.97 Å². The van der Waals surface area contributed by atoms with Crippen molar-refractivity contribution >= 4 is 22.9 Å². The van der Waals surface area contributed by atoms with E-state index >= 15 is 0 Å². The van der Waals surface area contributed by atoms with Gasteiger partial charge >= 0.3 is 11.7 Å². The Morgan fingerprint density at radius 2 is 1.91 bits per heavy atom. The smallest absolute Gasteiger partial charge is 0.329 e. The molecule has 2 aromatic rings. The zero-order valence-electron chi connectivity index (χ0n) is 12.6. The van der Waals surface area contributed by atoms with Gasteiger partial charge in [-0.3, -0.25) is 18.7 Å². The molecule has 118 valence electrons. The molecule has 0 bridgehead atoms. The van der Waals surface area contributed by atoms with Crippen molar-refractivity contribution in [2.75, 3.05) is 0 Å². The predicted molar refractivity (Wildman–Crippen MR) is 81.7 cm³/mol. The van der Waals surface area contributed by atoms with E-state index in [0.29, 0.717) is 11.9 Å². The van der Waals surface area contributed by atoms with Crippen LogP contribution in [0.3, 0.4) is 0 Å². The molecule has 0 saturated heterocycles. The second-order valence-corrected chi connectivity index (χ2v) is 5.32. The molecule has 1 aromatic heterocycles. The van der Waals surface area contributed by atoms with Crippen molar-refractivity contribution in [3.8, 4) is 0 Å². The monoisotopic (exact) mass is 305 g/mol. The summed E-state index contributed by atoms with van der Waals surface area (Å²) >= 11 is 0. The lowest BCUT2D eigenvalue weighted by Crippen LogP contribution is -2.37. The van der Waals surface area contributed by atoms with Crippen LogP contribution in [-0.4, -0.2) is 32.2 Å². The van der Waals surface area contributed by atoms with Crippen molar-refractivity contribution in [2.24, 2.45) is 7.05 Å². The van der Waals surface area contributed by atoms with Gasteiger partial charge in [-0.2, -0.15) is 0 Å². The fourth-order valence-corrected chi connectivity index (χ4v) is 2.39. The van der Waals surface area contributed by atoms with E-state index in [1.54, 1.807) is 20.0 Å². The van der Waals surface area contributed by atoms with Crippen LogP contribution in [0.5, 0.6) is 0 Å². The lowest BCUT2D eigenvalue weighted by molar-refractivity contribution is -0.137. The highest BCUT2D eigenvalue weighted by Crippen LogP contribution is 2.11. The number of benzene rings is 1. The third-order valence-electron chi connectivity index (χ3n) is 3.55. The van der Waals surface area contributed by atoms with Crippen LogP contribution in [-0.2, 0) is 23.2 Å². The van der Waals surface area contributed by atoms with Crippen LogP contribution in [0.25, 0.3) is 11.0 Å². The van der Waals surface area contributed by atoms with E-state index in [1.165, 1.54) is 9.13 Å². The molecule has 1 atom stereocenters. The Balaban J connectivity index is 2.11. The minimum atomic E-state index is -0.897. The van der Waals surface area contributed by atoms with Gasteiger partial charge in [-0.1, -0.05) is 12.1 Å². The number of aryl methyl sites for hydroxylation is 1. The lowest BCUT2D eigenvalue weighted by atomic mass is 10.2. The standard InChI is InChI=1S/C15H19N3O4/c1-10(7-8-14(20)21)16-13(19)9-18-12-6-4-3-5-11(12)17(2)15(18)22/h3-6,10H,7-9H2,1-2H3,(H,16,19)(H,20,21). The van der Waals surface area contributed by atoms with E-state index in [0.717, 1.165) is 5.52 Å². The first-order valence-electron chi connectivity index (χ1n) is 7.05. The number of amides is 1. The number of aliphatic carboxylic acids is 1. The van der Waals surface area contributed by atoms with Gasteiger partial charge in [0, 0.05) is 19.5 Å². The maximum absolute atomic E-state index is 12.2. The number of carboxylic acids is 1. The summed E-state index contributed by atoms with van der Waals surface area (Å²) in [5.41, 5.74) is 1.21. The van der Waals surface area contributed by atoms with Gasteiger partial charge in [0.2, 0.25) is 5.91 Å². The highest BCUT2D eigenvalue weighted by atomic mass is 16.4. The molecule has 7 heteroatoms. The van der Waals surface area contributed by atoms with Crippen LogP contribution < -0.4 is 11.0 Å². The molecule has 0 aliphatic heterocycles. The number of carbonyl (C=O) groups is 2. The maximum Gasteiger partial charge on any atom is 0.329 e. The Hall–Kier alpha value is -2.57. The SMILES string of the molecule is CC(CCC(=O)O)NC(=O)Cn1c(=O)n(C)c2ccccc21. The van der Waals surface area contributed by atoms with Gasteiger partial charge in [0.05, 0.1) is 11.0 Å². The normalized spacial score (nSPS) is 12.3.